The van der Waals surface area contributed by atoms with Crippen LogP contribution in [0, 0.1) is 0 Å². The number of benzene rings is 1. The van der Waals surface area contributed by atoms with Gasteiger partial charge in [-0.2, -0.15) is 0 Å². The molecule has 0 saturated carbocycles. The lowest BCUT2D eigenvalue weighted by atomic mass is 10.1. The molecule has 1 heterocycles. The normalized spacial score (nSPS) is 23.0. The molecule has 1 aliphatic heterocycles. The number of ether oxygens (including phenoxy) is 1. The lowest BCUT2D eigenvalue weighted by molar-refractivity contribution is -0.136. The standard InChI is InChI=1S/C17H26N2O2/c1-4-18(5-2)17(20)12-19-11-16(21-13-14(19)3)15-9-7-6-8-10-15/h6-10,14,16H,4-5,11-13H2,1-3H3. The van der Waals surface area contributed by atoms with Gasteiger partial charge in [-0.1, -0.05) is 30.3 Å². The summed E-state index contributed by atoms with van der Waals surface area (Å²) < 4.78 is 5.93. The predicted molar refractivity (Wildman–Crippen MR) is 84.1 cm³/mol. The molecule has 2 unspecified atom stereocenters. The van der Waals surface area contributed by atoms with E-state index in [1.165, 1.54) is 5.56 Å². The molecule has 1 aromatic carbocycles. The maximum absolute atomic E-state index is 12.3. The zero-order valence-corrected chi connectivity index (χ0v) is 13.3. The Kier molecular flexibility index (Phi) is 5.76. The highest BCUT2D eigenvalue weighted by Gasteiger charge is 2.29. The number of amides is 1. The largest absolute Gasteiger partial charge is 0.371 e. The Labute approximate surface area is 127 Å². The molecule has 21 heavy (non-hydrogen) atoms. The lowest BCUT2D eigenvalue weighted by Crippen LogP contribution is -2.50. The van der Waals surface area contributed by atoms with E-state index >= 15 is 0 Å². The van der Waals surface area contributed by atoms with Gasteiger partial charge in [0.25, 0.3) is 0 Å². The first-order chi connectivity index (χ1) is 10.2. The number of nitrogens with zero attached hydrogens (tertiary/aromatic N) is 2. The number of likely N-dealkylation sites (N-methyl/N-ethyl adjacent to an activating group) is 1. The third-order valence-electron chi connectivity index (χ3n) is 4.19. The quantitative estimate of drug-likeness (QED) is 0.834. The van der Waals surface area contributed by atoms with E-state index in [0.717, 1.165) is 19.6 Å². The highest BCUT2D eigenvalue weighted by Crippen LogP contribution is 2.24. The van der Waals surface area contributed by atoms with Crippen molar-refractivity contribution < 1.29 is 9.53 Å². The van der Waals surface area contributed by atoms with Gasteiger partial charge in [0.2, 0.25) is 5.91 Å². The van der Waals surface area contributed by atoms with E-state index in [1.807, 2.05) is 36.9 Å². The topological polar surface area (TPSA) is 32.8 Å². The molecule has 0 aromatic heterocycles. The summed E-state index contributed by atoms with van der Waals surface area (Å²) in [6.45, 7) is 9.65. The third kappa shape index (κ3) is 4.05. The van der Waals surface area contributed by atoms with Crippen molar-refractivity contribution in [3.8, 4) is 0 Å². The van der Waals surface area contributed by atoms with Crippen LogP contribution in [-0.2, 0) is 9.53 Å². The van der Waals surface area contributed by atoms with Crippen LogP contribution in [0.25, 0.3) is 0 Å². The Morgan fingerprint density at radius 1 is 1.29 bits per heavy atom. The summed E-state index contributed by atoms with van der Waals surface area (Å²) >= 11 is 0. The van der Waals surface area contributed by atoms with Gasteiger partial charge in [0.15, 0.2) is 0 Å². The molecule has 4 nitrogen and oxygen atoms in total. The van der Waals surface area contributed by atoms with Crippen LogP contribution >= 0.6 is 0 Å². The Balaban J connectivity index is 2.00. The van der Waals surface area contributed by atoms with Gasteiger partial charge in [-0.05, 0) is 26.3 Å². The Bertz CT molecular complexity index is 445. The summed E-state index contributed by atoms with van der Waals surface area (Å²) in [6.07, 6.45) is 0.0619. The van der Waals surface area contributed by atoms with Crippen molar-refractivity contribution in [2.24, 2.45) is 0 Å². The summed E-state index contributed by atoms with van der Waals surface area (Å²) in [5.74, 6) is 0.209. The molecule has 0 spiro atoms. The Morgan fingerprint density at radius 3 is 2.57 bits per heavy atom. The Hall–Kier alpha value is -1.39. The van der Waals surface area contributed by atoms with E-state index < -0.39 is 0 Å². The van der Waals surface area contributed by atoms with Crippen molar-refractivity contribution in [2.45, 2.75) is 32.9 Å². The number of rotatable bonds is 5. The molecular weight excluding hydrogens is 264 g/mol. The fourth-order valence-corrected chi connectivity index (χ4v) is 2.75. The molecule has 1 fully saturated rings. The minimum absolute atomic E-state index is 0.0619. The van der Waals surface area contributed by atoms with Crippen molar-refractivity contribution >= 4 is 5.91 Å². The van der Waals surface area contributed by atoms with Crippen molar-refractivity contribution in [2.75, 3.05) is 32.8 Å². The number of carbonyl (C=O) groups is 1. The van der Waals surface area contributed by atoms with Crippen LogP contribution in [-0.4, -0.2) is 54.5 Å². The van der Waals surface area contributed by atoms with Crippen molar-refractivity contribution in [1.29, 1.82) is 0 Å². The zero-order valence-electron chi connectivity index (χ0n) is 13.3. The molecule has 0 bridgehead atoms. The van der Waals surface area contributed by atoms with Crippen LogP contribution in [0.3, 0.4) is 0 Å². The first-order valence-electron chi connectivity index (χ1n) is 7.84. The second-order valence-corrected chi connectivity index (χ2v) is 5.58. The number of hydrogen-bond acceptors (Lipinski definition) is 3. The molecule has 1 amide bonds. The van der Waals surface area contributed by atoms with Crippen LogP contribution in [0.1, 0.15) is 32.4 Å². The smallest absolute Gasteiger partial charge is 0.236 e. The second kappa shape index (κ2) is 7.57. The van der Waals surface area contributed by atoms with Gasteiger partial charge in [0, 0.05) is 25.7 Å². The SMILES string of the molecule is CCN(CC)C(=O)CN1CC(c2ccccc2)OCC1C. The van der Waals surface area contributed by atoms with Crippen LogP contribution in [0.2, 0.25) is 0 Å². The highest BCUT2D eigenvalue weighted by molar-refractivity contribution is 5.78. The summed E-state index contributed by atoms with van der Waals surface area (Å²) in [4.78, 5) is 16.4. The van der Waals surface area contributed by atoms with Gasteiger partial charge in [0.05, 0.1) is 19.3 Å². The number of carbonyl (C=O) groups excluding carboxylic acids is 1. The van der Waals surface area contributed by atoms with E-state index in [4.69, 9.17) is 4.74 Å². The molecule has 1 aromatic rings. The summed E-state index contributed by atoms with van der Waals surface area (Å²) in [5.41, 5.74) is 1.18. The van der Waals surface area contributed by atoms with E-state index in [2.05, 4.69) is 24.0 Å². The maximum atomic E-state index is 12.3. The van der Waals surface area contributed by atoms with Crippen LogP contribution in [0.15, 0.2) is 30.3 Å². The summed E-state index contributed by atoms with van der Waals surface area (Å²) in [5, 5.41) is 0. The monoisotopic (exact) mass is 290 g/mol. The predicted octanol–water partition coefficient (Wildman–Crippen LogP) is 2.32. The average molecular weight is 290 g/mol. The van der Waals surface area contributed by atoms with Crippen LogP contribution in [0.4, 0.5) is 0 Å². The van der Waals surface area contributed by atoms with Crippen LogP contribution in [0.5, 0.6) is 0 Å². The third-order valence-corrected chi connectivity index (χ3v) is 4.19. The molecule has 0 aliphatic carbocycles. The average Bonchev–Trinajstić information content (AvgIpc) is 2.51. The molecule has 2 rings (SSSR count). The first-order valence-corrected chi connectivity index (χ1v) is 7.84. The minimum atomic E-state index is 0.0619. The van der Waals surface area contributed by atoms with Crippen molar-refractivity contribution in [3.63, 3.8) is 0 Å². The fraction of sp³-hybridized carbons (Fsp3) is 0.588. The van der Waals surface area contributed by atoms with E-state index in [9.17, 15) is 4.79 Å². The van der Waals surface area contributed by atoms with Gasteiger partial charge in [0.1, 0.15) is 0 Å². The summed E-state index contributed by atoms with van der Waals surface area (Å²) in [6, 6.07) is 10.5. The first kappa shape index (κ1) is 16.0. The fourth-order valence-electron chi connectivity index (χ4n) is 2.75. The molecule has 1 saturated heterocycles. The molecular formula is C17H26N2O2. The number of morpholine rings is 1. The van der Waals surface area contributed by atoms with E-state index in [-0.39, 0.29) is 18.1 Å². The van der Waals surface area contributed by atoms with Crippen molar-refractivity contribution in [1.82, 2.24) is 9.80 Å². The van der Waals surface area contributed by atoms with Gasteiger partial charge < -0.3 is 9.64 Å². The van der Waals surface area contributed by atoms with Gasteiger partial charge >= 0.3 is 0 Å². The van der Waals surface area contributed by atoms with Gasteiger partial charge in [-0.3, -0.25) is 9.69 Å². The summed E-state index contributed by atoms with van der Waals surface area (Å²) in [7, 11) is 0. The van der Waals surface area contributed by atoms with Gasteiger partial charge in [-0.15, -0.1) is 0 Å². The zero-order chi connectivity index (χ0) is 15.2. The molecule has 2 atom stereocenters. The highest BCUT2D eigenvalue weighted by atomic mass is 16.5. The van der Waals surface area contributed by atoms with E-state index in [0.29, 0.717) is 13.2 Å². The van der Waals surface area contributed by atoms with Gasteiger partial charge in [-0.25, -0.2) is 0 Å². The molecule has 0 radical (unpaired) electrons. The second-order valence-electron chi connectivity index (χ2n) is 5.58. The number of hydrogen-bond donors (Lipinski definition) is 0. The molecule has 0 N–H and O–H groups in total. The minimum Gasteiger partial charge on any atom is -0.371 e. The lowest BCUT2D eigenvalue weighted by Gasteiger charge is -2.38. The molecule has 1 aliphatic rings. The maximum Gasteiger partial charge on any atom is 0.236 e. The van der Waals surface area contributed by atoms with Crippen molar-refractivity contribution in [3.05, 3.63) is 35.9 Å². The Morgan fingerprint density at radius 2 is 1.95 bits per heavy atom. The van der Waals surface area contributed by atoms with Crippen LogP contribution < -0.4 is 0 Å². The molecule has 116 valence electrons. The molecule has 4 heteroatoms. The van der Waals surface area contributed by atoms with E-state index in [1.54, 1.807) is 0 Å².